The van der Waals surface area contributed by atoms with Crippen molar-refractivity contribution in [3.8, 4) is 0 Å². The third-order valence-corrected chi connectivity index (χ3v) is 4.04. The average Bonchev–Trinajstić information content (AvgIpc) is 2.50. The number of pyridine rings is 1. The van der Waals surface area contributed by atoms with Crippen molar-refractivity contribution in [2.24, 2.45) is 7.05 Å². The second-order valence-electron chi connectivity index (χ2n) is 5.56. The summed E-state index contributed by atoms with van der Waals surface area (Å²) in [6.07, 6.45) is -5.92. The first-order valence-corrected chi connectivity index (χ1v) is 7.33. The van der Waals surface area contributed by atoms with E-state index >= 15 is 0 Å². The van der Waals surface area contributed by atoms with Gasteiger partial charge < -0.3 is 14.2 Å². The van der Waals surface area contributed by atoms with Gasteiger partial charge in [0, 0.05) is 19.3 Å². The Kier molecular flexibility index (Phi) is 4.84. The maximum absolute atomic E-state index is 12.8. The molecule has 1 aromatic heterocycles. The van der Waals surface area contributed by atoms with Gasteiger partial charge in [-0.25, -0.2) is 0 Å². The second kappa shape index (κ2) is 6.35. The number of hydrogen-bond donors (Lipinski definition) is 0. The van der Waals surface area contributed by atoms with Crippen LogP contribution in [0.4, 0.5) is 13.2 Å². The molecule has 2 heterocycles. The third-order valence-electron chi connectivity index (χ3n) is 4.04. The highest BCUT2D eigenvalue weighted by Crippen LogP contribution is 2.26. The monoisotopic (exact) mass is 332 g/mol. The van der Waals surface area contributed by atoms with Gasteiger partial charge in [-0.05, 0) is 25.0 Å². The van der Waals surface area contributed by atoms with E-state index in [9.17, 15) is 22.8 Å². The molecule has 128 valence electrons. The molecule has 0 saturated carbocycles. The van der Waals surface area contributed by atoms with Crippen LogP contribution in [0.25, 0.3) is 0 Å². The first kappa shape index (κ1) is 17.5. The second-order valence-corrected chi connectivity index (χ2v) is 5.56. The number of carbonyl (C=O) groups excluding carboxylic acids is 1. The van der Waals surface area contributed by atoms with Gasteiger partial charge in [0.05, 0.1) is 13.2 Å². The van der Waals surface area contributed by atoms with Gasteiger partial charge in [-0.1, -0.05) is 6.92 Å². The van der Waals surface area contributed by atoms with Crippen LogP contribution in [-0.4, -0.2) is 47.4 Å². The lowest BCUT2D eigenvalue weighted by molar-refractivity contribution is -0.233. The number of carbonyl (C=O) groups is 1. The summed E-state index contributed by atoms with van der Waals surface area (Å²) in [4.78, 5) is 25.8. The van der Waals surface area contributed by atoms with Gasteiger partial charge in [0.2, 0.25) is 0 Å². The molecule has 1 saturated heterocycles. The minimum atomic E-state index is -4.54. The van der Waals surface area contributed by atoms with E-state index in [2.05, 4.69) is 4.74 Å². The van der Waals surface area contributed by atoms with E-state index in [1.165, 1.54) is 10.6 Å². The molecule has 1 aliphatic rings. The maximum Gasteiger partial charge on any atom is 0.416 e. The first-order chi connectivity index (χ1) is 10.7. The van der Waals surface area contributed by atoms with Crippen LogP contribution in [0.2, 0.25) is 0 Å². The molecule has 2 rings (SSSR count). The number of aryl methyl sites for hydroxylation is 1. The predicted octanol–water partition coefficient (Wildman–Crippen LogP) is 1.66. The molecule has 8 heteroatoms. The van der Waals surface area contributed by atoms with Crippen molar-refractivity contribution < 1.29 is 22.7 Å². The summed E-state index contributed by atoms with van der Waals surface area (Å²) < 4.78 is 44.3. The van der Waals surface area contributed by atoms with Crippen molar-refractivity contribution in [3.63, 3.8) is 0 Å². The van der Waals surface area contributed by atoms with Crippen LogP contribution < -0.4 is 5.56 Å². The van der Waals surface area contributed by atoms with Crippen molar-refractivity contribution in [2.45, 2.75) is 32.5 Å². The Balaban J connectivity index is 2.33. The zero-order valence-corrected chi connectivity index (χ0v) is 13.2. The van der Waals surface area contributed by atoms with Crippen LogP contribution in [0, 0.1) is 6.92 Å². The van der Waals surface area contributed by atoms with Gasteiger partial charge in [-0.15, -0.1) is 0 Å². The number of hydrogen-bond acceptors (Lipinski definition) is 3. The van der Waals surface area contributed by atoms with E-state index in [0.29, 0.717) is 6.42 Å². The van der Waals surface area contributed by atoms with Crippen LogP contribution in [0.3, 0.4) is 0 Å². The highest BCUT2D eigenvalue weighted by Gasteiger charge is 2.44. The number of halogens is 3. The Labute approximate surface area is 131 Å². The van der Waals surface area contributed by atoms with E-state index in [4.69, 9.17) is 0 Å². The van der Waals surface area contributed by atoms with E-state index in [1.54, 1.807) is 14.0 Å². The van der Waals surface area contributed by atoms with Crippen molar-refractivity contribution in [2.75, 3.05) is 19.7 Å². The molecule has 1 atom stereocenters. The lowest BCUT2D eigenvalue weighted by atomic mass is 10.1. The smallest absolute Gasteiger partial charge is 0.365 e. The number of rotatable bonds is 2. The number of ether oxygens (including phenoxy) is 1. The predicted molar refractivity (Wildman–Crippen MR) is 77.5 cm³/mol. The summed E-state index contributed by atoms with van der Waals surface area (Å²) in [6.45, 7) is 2.89. The summed E-state index contributed by atoms with van der Waals surface area (Å²) in [6, 6.07) is 1.46. The largest absolute Gasteiger partial charge is 0.416 e. The fourth-order valence-corrected chi connectivity index (χ4v) is 2.80. The highest BCUT2D eigenvalue weighted by atomic mass is 19.4. The number of aromatic nitrogens is 1. The van der Waals surface area contributed by atoms with Gasteiger partial charge >= 0.3 is 6.18 Å². The summed E-state index contributed by atoms with van der Waals surface area (Å²) in [7, 11) is 1.56. The Morgan fingerprint density at radius 2 is 2.09 bits per heavy atom. The lowest BCUT2D eigenvalue weighted by Crippen LogP contribution is -2.52. The van der Waals surface area contributed by atoms with E-state index in [-0.39, 0.29) is 18.7 Å². The van der Waals surface area contributed by atoms with Crippen molar-refractivity contribution >= 4 is 5.91 Å². The molecule has 0 bridgehead atoms. The van der Waals surface area contributed by atoms with E-state index in [1.807, 2.05) is 6.92 Å². The summed E-state index contributed by atoms with van der Waals surface area (Å²) >= 11 is 0. The summed E-state index contributed by atoms with van der Waals surface area (Å²) in [5, 5.41) is 0. The standard InChI is InChI=1S/C15H19F3N2O3/c1-4-11-9(2)7-10(13(21)19(11)3)14(22)20-5-6-23-12(8-20)15(16,17)18/h7,12H,4-6,8H2,1-3H3. The molecular weight excluding hydrogens is 313 g/mol. The minimum Gasteiger partial charge on any atom is -0.365 e. The quantitative estimate of drug-likeness (QED) is 0.828. The van der Waals surface area contributed by atoms with Crippen LogP contribution in [-0.2, 0) is 18.2 Å². The Bertz CT molecular complexity index is 667. The molecule has 0 spiro atoms. The number of nitrogens with zero attached hydrogens (tertiary/aromatic N) is 2. The SMILES string of the molecule is CCc1c(C)cc(C(=O)N2CCOC(C(F)(F)F)C2)c(=O)n1C. The minimum absolute atomic E-state index is 0.0309. The molecule has 1 aromatic rings. The van der Waals surface area contributed by atoms with Crippen LogP contribution in [0.5, 0.6) is 0 Å². The fourth-order valence-electron chi connectivity index (χ4n) is 2.80. The number of amides is 1. The van der Waals surface area contributed by atoms with Gasteiger partial charge in [-0.3, -0.25) is 9.59 Å². The molecule has 1 unspecified atom stereocenters. The number of morpholine rings is 1. The molecule has 0 aliphatic carbocycles. The fraction of sp³-hybridized carbons (Fsp3) is 0.600. The molecule has 1 aliphatic heterocycles. The van der Waals surface area contributed by atoms with Crippen LogP contribution >= 0.6 is 0 Å². The normalized spacial score (nSPS) is 19.0. The van der Waals surface area contributed by atoms with Gasteiger partial charge in [-0.2, -0.15) is 13.2 Å². The molecule has 5 nitrogen and oxygen atoms in total. The number of alkyl halides is 3. The molecule has 0 radical (unpaired) electrons. The van der Waals surface area contributed by atoms with Crippen LogP contribution in [0.1, 0.15) is 28.5 Å². The molecular formula is C15H19F3N2O3. The molecule has 23 heavy (non-hydrogen) atoms. The van der Waals surface area contributed by atoms with Crippen molar-refractivity contribution in [1.29, 1.82) is 0 Å². The molecule has 0 aromatic carbocycles. The zero-order chi connectivity index (χ0) is 17.4. The van der Waals surface area contributed by atoms with E-state index < -0.39 is 30.3 Å². The molecule has 0 N–H and O–H groups in total. The van der Waals surface area contributed by atoms with Crippen molar-refractivity contribution in [1.82, 2.24) is 9.47 Å². The lowest BCUT2D eigenvalue weighted by Gasteiger charge is -2.33. The third kappa shape index (κ3) is 3.41. The average molecular weight is 332 g/mol. The van der Waals surface area contributed by atoms with Gasteiger partial charge in [0.15, 0.2) is 6.10 Å². The zero-order valence-electron chi connectivity index (χ0n) is 13.2. The summed E-state index contributed by atoms with van der Waals surface area (Å²) in [5.74, 6) is -0.686. The van der Waals surface area contributed by atoms with Crippen molar-refractivity contribution in [3.05, 3.63) is 33.2 Å². The topological polar surface area (TPSA) is 51.5 Å². The van der Waals surface area contributed by atoms with Gasteiger partial charge in [0.1, 0.15) is 5.56 Å². The Hall–Kier alpha value is -1.83. The maximum atomic E-state index is 12.8. The summed E-state index contributed by atoms with van der Waals surface area (Å²) in [5.41, 5.74) is 0.956. The van der Waals surface area contributed by atoms with E-state index in [0.717, 1.165) is 16.2 Å². The first-order valence-electron chi connectivity index (χ1n) is 7.33. The molecule has 1 amide bonds. The molecule has 1 fully saturated rings. The Morgan fingerprint density at radius 1 is 1.43 bits per heavy atom. The van der Waals surface area contributed by atoms with Gasteiger partial charge in [0.25, 0.3) is 11.5 Å². The highest BCUT2D eigenvalue weighted by molar-refractivity contribution is 5.94. The Morgan fingerprint density at radius 3 is 2.65 bits per heavy atom. The van der Waals surface area contributed by atoms with Crippen LogP contribution in [0.15, 0.2) is 10.9 Å².